The van der Waals surface area contributed by atoms with Crippen LogP contribution in [0.25, 0.3) is 0 Å². The van der Waals surface area contributed by atoms with Gasteiger partial charge in [0, 0.05) is 11.1 Å². The highest BCUT2D eigenvalue weighted by Gasteiger charge is 2.34. The predicted octanol–water partition coefficient (Wildman–Crippen LogP) is 2.00. The van der Waals surface area contributed by atoms with Crippen LogP contribution >= 0.6 is 0 Å². The normalized spacial score (nSPS) is 11.1. The second-order valence-electron chi connectivity index (χ2n) is 3.75. The van der Waals surface area contributed by atoms with Crippen LogP contribution in [0, 0.1) is 5.82 Å². The van der Waals surface area contributed by atoms with Crippen LogP contribution in [0.2, 0.25) is 0 Å². The number of carboxylic acids is 1. The lowest BCUT2D eigenvalue weighted by Gasteiger charge is -2.21. The summed E-state index contributed by atoms with van der Waals surface area (Å²) >= 11 is 0. The second-order valence-corrected chi connectivity index (χ2v) is 3.75. The monoisotopic (exact) mass is 210 g/mol. The van der Waals surface area contributed by atoms with E-state index >= 15 is 0 Å². The third kappa shape index (κ3) is 1.88. The Morgan fingerprint density at radius 3 is 2.53 bits per heavy atom. The Hall–Kier alpha value is -1.71. The average molecular weight is 210 g/mol. The molecule has 1 aromatic carbocycles. The molecule has 1 rings (SSSR count). The van der Waals surface area contributed by atoms with Crippen molar-refractivity contribution in [3.63, 3.8) is 0 Å². The maximum absolute atomic E-state index is 13.5. The molecule has 4 heteroatoms. The summed E-state index contributed by atoms with van der Waals surface area (Å²) in [4.78, 5) is 21.6. The second kappa shape index (κ2) is 3.81. The molecule has 0 saturated carbocycles. The molecular formula is C11H11FO3. The molecule has 0 heterocycles. The molecular weight excluding hydrogens is 199 g/mol. The average Bonchev–Trinajstić information content (AvgIpc) is 2.16. The highest BCUT2D eigenvalue weighted by molar-refractivity contribution is 5.86. The van der Waals surface area contributed by atoms with E-state index in [1.54, 1.807) is 0 Å². The predicted molar refractivity (Wildman–Crippen MR) is 52.4 cm³/mol. The summed E-state index contributed by atoms with van der Waals surface area (Å²) in [6.07, 6.45) is 0.461. The fraction of sp³-hybridized carbons (Fsp3) is 0.273. The Bertz CT molecular complexity index is 410. The first kappa shape index (κ1) is 11.4. The molecule has 0 unspecified atom stereocenters. The standard InChI is InChI=1S/C11H11FO3/c1-11(2,10(14)15)9-7(6-13)4-3-5-8(9)12/h3-6H,1-2H3,(H,14,15). The number of carbonyl (C=O) groups is 2. The number of halogens is 1. The highest BCUT2D eigenvalue weighted by Crippen LogP contribution is 2.28. The summed E-state index contributed by atoms with van der Waals surface area (Å²) in [6.45, 7) is 2.72. The van der Waals surface area contributed by atoms with E-state index in [-0.39, 0.29) is 11.1 Å². The summed E-state index contributed by atoms with van der Waals surface area (Å²) < 4.78 is 13.5. The number of aliphatic carboxylic acids is 1. The molecule has 0 spiro atoms. The van der Waals surface area contributed by atoms with Gasteiger partial charge in [0.2, 0.25) is 0 Å². The third-order valence-electron chi connectivity index (χ3n) is 2.33. The minimum absolute atomic E-state index is 0.0717. The Labute approximate surface area is 86.5 Å². The van der Waals surface area contributed by atoms with Crippen LogP contribution < -0.4 is 0 Å². The lowest BCUT2D eigenvalue weighted by Crippen LogP contribution is -2.31. The van der Waals surface area contributed by atoms with Crippen molar-refractivity contribution < 1.29 is 19.1 Å². The first-order valence-electron chi connectivity index (χ1n) is 4.39. The van der Waals surface area contributed by atoms with E-state index in [2.05, 4.69) is 0 Å². The number of aldehydes is 1. The molecule has 15 heavy (non-hydrogen) atoms. The first-order valence-corrected chi connectivity index (χ1v) is 4.39. The molecule has 0 aliphatic heterocycles. The van der Waals surface area contributed by atoms with Crippen LogP contribution in [0.4, 0.5) is 4.39 Å². The first-order chi connectivity index (χ1) is 6.91. The number of benzene rings is 1. The number of hydrogen-bond acceptors (Lipinski definition) is 2. The lowest BCUT2D eigenvalue weighted by molar-refractivity contribution is -0.142. The summed E-state index contributed by atoms with van der Waals surface area (Å²) in [6, 6.07) is 3.92. The smallest absolute Gasteiger partial charge is 0.313 e. The van der Waals surface area contributed by atoms with Crippen molar-refractivity contribution in [2.75, 3.05) is 0 Å². The molecule has 0 saturated heterocycles. The molecule has 0 aliphatic carbocycles. The minimum Gasteiger partial charge on any atom is -0.481 e. The van der Waals surface area contributed by atoms with Crippen LogP contribution in [-0.2, 0) is 10.2 Å². The molecule has 0 amide bonds. The lowest BCUT2D eigenvalue weighted by atomic mass is 9.81. The highest BCUT2D eigenvalue weighted by atomic mass is 19.1. The molecule has 0 bridgehead atoms. The van der Waals surface area contributed by atoms with Crippen molar-refractivity contribution in [3.05, 3.63) is 35.1 Å². The quantitative estimate of drug-likeness (QED) is 0.776. The molecule has 1 N–H and O–H groups in total. The summed E-state index contributed by atoms with van der Waals surface area (Å²) in [5, 5.41) is 8.96. The molecule has 0 radical (unpaired) electrons. The van der Waals surface area contributed by atoms with Gasteiger partial charge in [0.15, 0.2) is 0 Å². The van der Waals surface area contributed by atoms with E-state index in [1.165, 1.54) is 26.0 Å². The van der Waals surface area contributed by atoms with E-state index in [9.17, 15) is 14.0 Å². The van der Waals surface area contributed by atoms with Crippen molar-refractivity contribution >= 4 is 12.3 Å². The Morgan fingerprint density at radius 2 is 2.07 bits per heavy atom. The zero-order valence-corrected chi connectivity index (χ0v) is 8.45. The van der Waals surface area contributed by atoms with E-state index in [4.69, 9.17) is 5.11 Å². The van der Waals surface area contributed by atoms with Crippen LogP contribution in [0.1, 0.15) is 29.8 Å². The molecule has 0 fully saturated rings. The summed E-state index contributed by atoms with van der Waals surface area (Å²) in [7, 11) is 0. The molecule has 1 aromatic rings. The van der Waals surface area contributed by atoms with Crippen LogP contribution in [0.3, 0.4) is 0 Å². The topological polar surface area (TPSA) is 54.4 Å². The van der Waals surface area contributed by atoms with Gasteiger partial charge >= 0.3 is 5.97 Å². The molecule has 0 atom stereocenters. The van der Waals surface area contributed by atoms with Crippen LogP contribution in [0.5, 0.6) is 0 Å². The van der Waals surface area contributed by atoms with Crippen molar-refractivity contribution in [2.45, 2.75) is 19.3 Å². The van der Waals surface area contributed by atoms with E-state index in [0.717, 1.165) is 6.07 Å². The Morgan fingerprint density at radius 1 is 1.47 bits per heavy atom. The van der Waals surface area contributed by atoms with Gasteiger partial charge in [0.25, 0.3) is 0 Å². The fourth-order valence-electron chi connectivity index (χ4n) is 1.41. The Balaban J connectivity index is 3.47. The number of carboxylic acid groups (broad SMARTS) is 1. The molecule has 0 aliphatic rings. The van der Waals surface area contributed by atoms with Gasteiger partial charge in [-0.25, -0.2) is 4.39 Å². The molecule has 0 aromatic heterocycles. The molecule has 80 valence electrons. The van der Waals surface area contributed by atoms with Gasteiger partial charge in [-0.1, -0.05) is 12.1 Å². The van der Waals surface area contributed by atoms with Crippen LogP contribution in [-0.4, -0.2) is 17.4 Å². The van der Waals surface area contributed by atoms with Gasteiger partial charge < -0.3 is 5.11 Å². The van der Waals surface area contributed by atoms with Gasteiger partial charge in [0.05, 0.1) is 5.41 Å². The zero-order valence-electron chi connectivity index (χ0n) is 8.45. The number of carbonyl (C=O) groups excluding carboxylic acids is 1. The minimum atomic E-state index is -1.42. The van der Waals surface area contributed by atoms with E-state index in [1.807, 2.05) is 0 Å². The fourth-order valence-corrected chi connectivity index (χ4v) is 1.41. The van der Waals surface area contributed by atoms with Crippen molar-refractivity contribution in [3.8, 4) is 0 Å². The van der Waals surface area contributed by atoms with Crippen molar-refractivity contribution in [2.24, 2.45) is 0 Å². The maximum atomic E-state index is 13.5. The summed E-state index contributed by atoms with van der Waals surface area (Å²) in [5.41, 5.74) is -1.42. The Kier molecular flexibility index (Phi) is 2.88. The van der Waals surface area contributed by atoms with Crippen LogP contribution in [0.15, 0.2) is 18.2 Å². The maximum Gasteiger partial charge on any atom is 0.313 e. The van der Waals surface area contributed by atoms with Gasteiger partial charge in [-0.2, -0.15) is 0 Å². The third-order valence-corrected chi connectivity index (χ3v) is 2.33. The van der Waals surface area contributed by atoms with Gasteiger partial charge in [-0.3, -0.25) is 9.59 Å². The zero-order chi connectivity index (χ0) is 11.6. The van der Waals surface area contributed by atoms with Gasteiger partial charge in [-0.15, -0.1) is 0 Å². The van der Waals surface area contributed by atoms with Gasteiger partial charge in [-0.05, 0) is 19.9 Å². The molecule has 3 nitrogen and oxygen atoms in total. The SMILES string of the molecule is CC(C)(C(=O)O)c1c(F)cccc1C=O. The van der Waals surface area contributed by atoms with E-state index in [0.29, 0.717) is 6.29 Å². The largest absolute Gasteiger partial charge is 0.481 e. The summed E-state index contributed by atoms with van der Waals surface area (Å²) in [5.74, 6) is -1.84. The number of hydrogen-bond donors (Lipinski definition) is 1. The van der Waals surface area contributed by atoms with Crippen molar-refractivity contribution in [1.82, 2.24) is 0 Å². The van der Waals surface area contributed by atoms with E-state index < -0.39 is 17.2 Å². The van der Waals surface area contributed by atoms with Gasteiger partial charge in [0.1, 0.15) is 12.1 Å². The number of rotatable bonds is 3. The van der Waals surface area contributed by atoms with Crippen molar-refractivity contribution in [1.29, 1.82) is 0 Å².